The van der Waals surface area contributed by atoms with E-state index in [2.05, 4.69) is 41.9 Å². The molecule has 0 saturated carbocycles. The first-order valence-electron chi connectivity index (χ1n) is 5.06. The second kappa shape index (κ2) is 8.50. The van der Waals surface area contributed by atoms with Crippen molar-refractivity contribution in [3.05, 3.63) is 27.1 Å². The Labute approximate surface area is 131 Å². The lowest BCUT2D eigenvalue weighted by molar-refractivity contribution is 0.576. The number of hydrogen-bond acceptors (Lipinski definition) is 3. The first-order chi connectivity index (χ1) is 7.97. The molecule has 0 bridgehead atoms. The molecule has 1 aromatic rings. The number of hydrogen-bond donors (Lipinski definition) is 2. The summed E-state index contributed by atoms with van der Waals surface area (Å²) < 4.78 is 27.8. The molecule has 0 aliphatic carbocycles. The third-order valence-corrected chi connectivity index (χ3v) is 5.01. The highest BCUT2D eigenvalue weighted by atomic mass is 79.9. The Bertz CT molecular complexity index is 483. The van der Waals surface area contributed by atoms with Crippen LogP contribution in [0.1, 0.15) is 6.42 Å². The Balaban J connectivity index is 0.00000289. The fraction of sp³-hybridized carbons (Fsp3) is 0.400. The predicted molar refractivity (Wildman–Crippen MR) is 82.8 cm³/mol. The Hall–Kier alpha value is 0.340. The zero-order chi connectivity index (χ0) is 12.9. The summed E-state index contributed by atoms with van der Waals surface area (Å²) in [7, 11) is -1.60. The van der Waals surface area contributed by atoms with Crippen molar-refractivity contribution in [2.75, 3.05) is 20.1 Å². The number of halogens is 3. The molecule has 104 valence electrons. The summed E-state index contributed by atoms with van der Waals surface area (Å²) in [6.07, 6.45) is 0.754. The topological polar surface area (TPSA) is 58.2 Å². The van der Waals surface area contributed by atoms with Crippen LogP contribution in [0.5, 0.6) is 0 Å². The van der Waals surface area contributed by atoms with Crippen LogP contribution in [0.15, 0.2) is 32.0 Å². The Morgan fingerprint density at radius 1 is 1.22 bits per heavy atom. The van der Waals surface area contributed by atoms with E-state index in [1.807, 2.05) is 7.05 Å². The summed E-state index contributed by atoms with van der Waals surface area (Å²) >= 11 is 6.53. The summed E-state index contributed by atoms with van der Waals surface area (Å²) in [5, 5.41) is 2.96. The highest BCUT2D eigenvalue weighted by Gasteiger charge is 2.16. The maximum absolute atomic E-state index is 12.0. The normalized spacial score (nSPS) is 11.1. The quantitative estimate of drug-likeness (QED) is 0.693. The molecule has 0 unspecified atom stereocenters. The van der Waals surface area contributed by atoms with Crippen molar-refractivity contribution in [3.8, 4) is 0 Å². The van der Waals surface area contributed by atoms with Crippen LogP contribution in [0.3, 0.4) is 0 Å². The predicted octanol–water partition coefficient (Wildman–Crippen LogP) is 2.52. The summed E-state index contributed by atoms with van der Waals surface area (Å²) in [5.41, 5.74) is 0. The molecular weight excluding hydrogens is 407 g/mol. The molecule has 0 aromatic heterocycles. The van der Waals surface area contributed by atoms with Crippen LogP contribution in [0.4, 0.5) is 0 Å². The van der Waals surface area contributed by atoms with Gasteiger partial charge < -0.3 is 5.32 Å². The molecule has 0 aliphatic rings. The minimum Gasteiger partial charge on any atom is -0.320 e. The van der Waals surface area contributed by atoms with Crippen LogP contribution in [0.2, 0.25) is 0 Å². The molecule has 18 heavy (non-hydrogen) atoms. The zero-order valence-corrected chi connectivity index (χ0v) is 14.5. The van der Waals surface area contributed by atoms with Gasteiger partial charge in [-0.1, -0.05) is 15.9 Å². The van der Waals surface area contributed by atoms with Crippen molar-refractivity contribution < 1.29 is 8.42 Å². The monoisotopic (exact) mass is 420 g/mol. The van der Waals surface area contributed by atoms with Crippen LogP contribution in [-0.2, 0) is 10.0 Å². The minimum atomic E-state index is -3.43. The van der Waals surface area contributed by atoms with Gasteiger partial charge in [-0.05, 0) is 54.1 Å². The first-order valence-corrected chi connectivity index (χ1v) is 8.13. The molecule has 8 heteroatoms. The highest BCUT2D eigenvalue weighted by molar-refractivity contribution is 9.11. The van der Waals surface area contributed by atoms with E-state index in [1.165, 1.54) is 0 Å². The molecule has 0 amide bonds. The van der Waals surface area contributed by atoms with Crippen molar-refractivity contribution in [3.63, 3.8) is 0 Å². The van der Waals surface area contributed by atoms with Crippen LogP contribution < -0.4 is 10.0 Å². The molecule has 1 aromatic carbocycles. The van der Waals surface area contributed by atoms with Gasteiger partial charge in [0.05, 0.1) is 4.90 Å². The zero-order valence-electron chi connectivity index (χ0n) is 9.74. The Morgan fingerprint density at radius 2 is 1.89 bits per heavy atom. The third-order valence-electron chi connectivity index (χ3n) is 2.08. The lowest BCUT2D eigenvalue weighted by atomic mass is 10.4. The van der Waals surface area contributed by atoms with Crippen LogP contribution in [0.25, 0.3) is 0 Å². The molecule has 0 radical (unpaired) electrons. The third kappa shape index (κ3) is 5.54. The summed E-state index contributed by atoms with van der Waals surface area (Å²) in [4.78, 5) is 0.255. The molecule has 0 saturated heterocycles. The Morgan fingerprint density at radius 3 is 2.44 bits per heavy atom. The lowest BCUT2D eigenvalue weighted by Crippen LogP contribution is -2.27. The van der Waals surface area contributed by atoms with E-state index in [0.29, 0.717) is 11.0 Å². The second-order valence-electron chi connectivity index (χ2n) is 3.43. The SMILES string of the molecule is CNCCCNS(=O)(=O)c1ccc(Br)cc1Br.Cl. The molecule has 0 spiro atoms. The highest BCUT2D eigenvalue weighted by Crippen LogP contribution is 2.25. The van der Waals surface area contributed by atoms with Crippen molar-refractivity contribution in [1.82, 2.24) is 10.0 Å². The second-order valence-corrected chi connectivity index (χ2v) is 6.94. The van der Waals surface area contributed by atoms with Gasteiger partial charge in [0, 0.05) is 15.5 Å². The van der Waals surface area contributed by atoms with Gasteiger partial charge in [-0.15, -0.1) is 12.4 Å². The molecule has 4 nitrogen and oxygen atoms in total. The van der Waals surface area contributed by atoms with E-state index in [0.717, 1.165) is 17.4 Å². The van der Waals surface area contributed by atoms with Crippen molar-refractivity contribution in [2.45, 2.75) is 11.3 Å². The lowest BCUT2D eigenvalue weighted by Gasteiger charge is -2.08. The van der Waals surface area contributed by atoms with Gasteiger partial charge in [-0.25, -0.2) is 13.1 Å². The van der Waals surface area contributed by atoms with Gasteiger partial charge in [0.25, 0.3) is 0 Å². The molecular formula is C10H15Br2ClN2O2S. The number of rotatable bonds is 6. The van der Waals surface area contributed by atoms with Gasteiger partial charge in [0.15, 0.2) is 0 Å². The molecule has 0 heterocycles. The Kier molecular flexibility index (Phi) is 8.66. The van der Waals surface area contributed by atoms with Gasteiger partial charge in [-0.2, -0.15) is 0 Å². The number of benzene rings is 1. The van der Waals surface area contributed by atoms with Crippen LogP contribution in [0, 0.1) is 0 Å². The van der Waals surface area contributed by atoms with Crippen molar-refractivity contribution >= 4 is 54.3 Å². The summed E-state index contributed by atoms with van der Waals surface area (Å²) in [6.45, 7) is 1.20. The van der Waals surface area contributed by atoms with E-state index in [1.54, 1.807) is 18.2 Å². The van der Waals surface area contributed by atoms with Crippen LogP contribution >= 0.6 is 44.3 Å². The van der Waals surface area contributed by atoms with E-state index in [9.17, 15) is 8.42 Å². The molecule has 0 aliphatic heterocycles. The van der Waals surface area contributed by atoms with E-state index >= 15 is 0 Å². The van der Waals surface area contributed by atoms with Gasteiger partial charge in [-0.3, -0.25) is 0 Å². The van der Waals surface area contributed by atoms with Crippen LogP contribution in [-0.4, -0.2) is 28.6 Å². The van der Waals surface area contributed by atoms with E-state index in [4.69, 9.17) is 0 Å². The fourth-order valence-corrected chi connectivity index (χ4v) is 4.06. The molecule has 0 atom stereocenters. The molecule has 1 rings (SSSR count). The summed E-state index contributed by atoms with van der Waals surface area (Å²) in [6, 6.07) is 4.98. The van der Waals surface area contributed by atoms with Gasteiger partial charge in [0.2, 0.25) is 10.0 Å². The molecule has 0 fully saturated rings. The standard InChI is InChI=1S/C10H14Br2N2O2S.ClH/c1-13-5-2-6-14-17(15,16)10-4-3-8(11)7-9(10)12;/h3-4,7,13-14H,2,5-6H2,1H3;1H. The molecule has 2 N–H and O–H groups in total. The smallest absolute Gasteiger partial charge is 0.241 e. The maximum Gasteiger partial charge on any atom is 0.241 e. The van der Waals surface area contributed by atoms with E-state index < -0.39 is 10.0 Å². The van der Waals surface area contributed by atoms with Gasteiger partial charge >= 0.3 is 0 Å². The number of nitrogens with one attached hydrogen (secondary N) is 2. The van der Waals surface area contributed by atoms with Crippen molar-refractivity contribution in [1.29, 1.82) is 0 Å². The van der Waals surface area contributed by atoms with Crippen molar-refractivity contribution in [2.24, 2.45) is 0 Å². The summed E-state index contributed by atoms with van der Waals surface area (Å²) in [5.74, 6) is 0. The minimum absolute atomic E-state index is 0. The average molecular weight is 423 g/mol. The maximum atomic E-state index is 12.0. The van der Waals surface area contributed by atoms with E-state index in [-0.39, 0.29) is 17.3 Å². The van der Waals surface area contributed by atoms with Gasteiger partial charge in [0.1, 0.15) is 0 Å². The number of sulfonamides is 1. The largest absolute Gasteiger partial charge is 0.320 e. The first kappa shape index (κ1) is 18.3. The fourth-order valence-electron chi connectivity index (χ4n) is 1.24. The average Bonchev–Trinajstić information content (AvgIpc) is 2.24.